The van der Waals surface area contributed by atoms with Crippen LogP contribution in [0.3, 0.4) is 0 Å². The van der Waals surface area contributed by atoms with Crippen LogP contribution < -0.4 is 20.9 Å². The van der Waals surface area contributed by atoms with Gasteiger partial charge in [0.25, 0.3) is 0 Å². The molecule has 0 saturated heterocycles. The first-order valence-corrected chi connectivity index (χ1v) is 17.6. The summed E-state index contributed by atoms with van der Waals surface area (Å²) in [5.74, 6) is -5.32. The predicted octanol–water partition coefficient (Wildman–Crippen LogP) is -0.975. The number of nitrogens with zero attached hydrogens (tertiary/aromatic N) is 3. The number of nitrogens with two attached hydrogens (primary N) is 2. The van der Waals surface area contributed by atoms with E-state index in [-0.39, 0.29) is 57.4 Å². The van der Waals surface area contributed by atoms with Gasteiger partial charge in [0.1, 0.15) is 0 Å². The fourth-order valence-electron chi connectivity index (χ4n) is 4.17. The summed E-state index contributed by atoms with van der Waals surface area (Å²) in [6.07, 6.45) is 0. The van der Waals surface area contributed by atoms with Crippen LogP contribution in [-0.2, 0) is 44.0 Å². The highest BCUT2D eigenvalue weighted by atomic mass is 35.5. The van der Waals surface area contributed by atoms with Crippen molar-refractivity contribution in [3.63, 3.8) is 0 Å². The van der Waals surface area contributed by atoms with Crippen LogP contribution in [-0.4, -0.2) is 135 Å². The zero-order chi connectivity index (χ0) is 37.1. The molecule has 0 spiro atoms. The van der Waals surface area contributed by atoms with E-state index in [1.807, 2.05) is 0 Å². The molecular formula is C26H33Cl2N7O12S2. The van der Waals surface area contributed by atoms with Crippen LogP contribution in [0.5, 0.6) is 0 Å². The molecule has 0 atom stereocenters. The summed E-state index contributed by atoms with van der Waals surface area (Å²) in [5.41, 5.74) is 0.0411. The lowest BCUT2D eigenvalue weighted by molar-refractivity contribution is -0.140. The van der Waals surface area contributed by atoms with Gasteiger partial charge in [0, 0.05) is 26.2 Å². The van der Waals surface area contributed by atoms with Gasteiger partial charge in [0.15, 0.2) is 0 Å². The molecule has 0 bridgehead atoms. The standard InChI is InChI=1S/C26H33Cl2N7O12S2/c27-18-9-16(48(29,44)45)1-3-20(18)31-22(36)11-34(14-25(40)41)7-5-33(13-24(38)39)6-8-35(15-26(42)43)12-23(37)32-21-4-2-17(10-19(21)28)49(30,46)47/h1-4,9-10H,5-8,11-15H2,(H,31,36)(H,32,37)(H,38,39)(H,40,41)(H,42,43)(H2,29,44,45)(H2,30,46,47). The summed E-state index contributed by atoms with van der Waals surface area (Å²) in [6.45, 7) is -3.28. The topological polar surface area (TPSA) is 300 Å². The molecular weight excluding hydrogens is 737 g/mol. The normalized spacial score (nSPS) is 11.9. The first kappa shape index (κ1) is 41.2. The number of anilines is 2. The second-order valence-corrected chi connectivity index (χ2v) is 14.3. The van der Waals surface area contributed by atoms with Crippen molar-refractivity contribution < 1.29 is 56.1 Å². The van der Waals surface area contributed by atoms with E-state index in [9.17, 15) is 56.1 Å². The molecule has 0 radical (unpaired) electrons. The summed E-state index contributed by atoms with van der Waals surface area (Å²) in [5, 5.41) is 42.8. The van der Waals surface area contributed by atoms with E-state index in [1.54, 1.807) is 0 Å². The highest BCUT2D eigenvalue weighted by molar-refractivity contribution is 7.89. The molecule has 0 saturated carbocycles. The summed E-state index contributed by atoms with van der Waals surface area (Å²) in [4.78, 5) is 63.0. The van der Waals surface area contributed by atoms with Gasteiger partial charge < -0.3 is 26.0 Å². The van der Waals surface area contributed by atoms with E-state index < -0.39 is 82.5 Å². The Kier molecular flexibility index (Phi) is 15.3. The van der Waals surface area contributed by atoms with Crippen LogP contribution in [0.2, 0.25) is 10.0 Å². The lowest BCUT2D eigenvalue weighted by Gasteiger charge is -2.28. The van der Waals surface area contributed by atoms with E-state index in [4.69, 9.17) is 33.5 Å². The Bertz CT molecular complexity index is 1670. The number of carbonyl (C=O) groups is 5. The average Bonchev–Trinajstić information content (AvgIpc) is 2.94. The van der Waals surface area contributed by atoms with Gasteiger partial charge in [-0.25, -0.2) is 27.1 Å². The number of sulfonamides is 2. The number of carbonyl (C=O) groups excluding carboxylic acids is 2. The van der Waals surface area contributed by atoms with Crippen molar-refractivity contribution in [1.82, 2.24) is 14.7 Å². The molecule has 49 heavy (non-hydrogen) atoms. The molecule has 0 aliphatic rings. The average molecular weight is 771 g/mol. The molecule has 270 valence electrons. The van der Waals surface area contributed by atoms with Crippen molar-refractivity contribution in [3.05, 3.63) is 46.4 Å². The smallest absolute Gasteiger partial charge is 0.317 e. The molecule has 2 aromatic carbocycles. The first-order valence-electron chi connectivity index (χ1n) is 13.7. The van der Waals surface area contributed by atoms with Crippen LogP contribution in [0.4, 0.5) is 11.4 Å². The second-order valence-electron chi connectivity index (χ2n) is 10.3. The van der Waals surface area contributed by atoms with E-state index in [2.05, 4.69) is 10.6 Å². The van der Waals surface area contributed by atoms with E-state index in [0.717, 1.165) is 24.3 Å². The molecule has 9 N–H and O–H groups in total. The third kappa shape index (κ3) is 15.0. The Balaban J connectivity index is 2.08. The minimum atomic E-state index is -4.06. The number of hydrogen-bond donors (Lipinski definition) is 7. The third-order valence-electron chi connectivity index (χ3n) is 6.36. The number of amides is 2. The molecule has 2 rings (SSSR count). The Morgan fingerprint density at radius 2 is 0.878 bits per heavy atom. The number of halogens is 2. The van der Waals surface area contributed by atoms with Gasteiger partial charge >= 0.3 is 17.9 Å². The predicted molar refractivity (Wildman–Crippen MR) is 175 cm³/mol. The number of hydrogen-bond acceptors (Lipinski definition) is 12. The van der Waals surface area contributed by atoms with Crippen molar-refractivity contribution >= 4 is 84.3 Å². The maximum absolute atomic E-state index is 12.7. The summed E-state index contributed by atoms with van der Waals surface area (Å²) >= 11 is 12.1. The van der Waals surface area contributed by atoms with Crippen molar-refractivity contribution in [1.29, 1.82) is 0 Å². The molecule has 0 aliphatic carbocycles. The number of nitrogens with one attached hydrogen (secondary N) is 2. The van der Waals surface area contributed by atoms with Crippen LogP contribution >= 0.6 is 23.2 Å². The van der Waals surface area contributed by atoms with Gasteiger partial charge in [-0.2, -0.15) is 0 Å². The van der Waals surface area contributed by atoms with Gasteiger partial charge in [-0.05, 0) is 36.4 Å². The summed E-state index contributed by atoms with van der Waals surface area (Å²) in [6, 6.07) is 6.64. The van der Waals surface area contributed by atoms with Crippen LogP contribution in [0, 0.1) is 0 Å². The molecule has 0 aliphatic heterocycles. The number of aliphatic carboxylic acids is 3. The molecule has 0 heterocycles. The lowest BCUT2D eigenvalue weighted by Crippen LogP contribution is -2.46. The molecule has 19 nitrogen and oxygen atoms in total. The Morgan fingerprint density at radius 3 is 1.16 bits per heavy atom. The Morgan fingerprint density at radius 1 is 0.571 bits per heavy atom. The van der Waals surface area contributed by atoms with E-state index in [0.29, 0.717) is 0 Å². The van der Waals surface area contributed by atoms with Crippen molar-refractivity contribution in [3.8, 4) is 0 Å². The fourth-order valence-corrected chi connectivity index (χ4v) is 5.84. The zero-order valence-electron chi connectivity index (χ0n) is 25.4. The van der Waals surface area contributed by atoms with Gasteiger partial charge in [-0.1, -0.05) is 23.2 Å². The summed E-state index contributed by atoms with van der Waals surface area (Å²) in [7, 11) is -8.13. The molecule has 0 aromatic heterocycles. The Hall–Kier alpha value is -3.93. The largest absolute Gasteiger partial charge is 0.480 e. The maximum atomic E-state index is 12.7. The van der Waals surface area contributed by atoms with Crippen LogP contribution in [0.15, 0.2) is 46.2 Å². The molecule has 2 amide bonds. The molecule has 23 heteroatoms. The number of carboxylic acids is 3. The number of primary sulfonamides is 2. The van der Waals surface area contributed by atoms with Gasteiger partial charge in [0.2, 0.25) is 31.9 Å². The zero-order valence-corrected chi connectivity index (χ0v) is 28.6. The Labute approximate surface area is 290 Å². The highest BCUT2D eigenvalue weighted by Crippen LogP contribution is 2.25. The van der Waals surface area contributed by atoms with Crippen molar-refractivity contribution in [2.75, 3.05) is 69.5 Å². The van der Waals surface area contributed by atoms with Gasteiger partial charge in [-0.3, -0.25) is 38.7 Å². The molecule has 2 aromatic rings. The lowest BCUT2D eigenvalue weighted by atomic mass is 10.3. The summed E-state index contributed by atoms with van der Waals surface area (Å²) < 4.78 is 46.0. The van der Waals surface area contributed by atoms with Crippen LogP contribution in [0.1, 0.15) is 0 Å². The van der Waals surface area contributed by atoms with E-state index >= 15 is 0 Å². The van der Waals surface area contributed by atoms with Crippen molar-refractivity contribution in [2.45, 2.75) is 9.79 Å². The highest BCUT2D eigenvalue weighted by Gasteiger charge is 2.21. The third-order valence-corrected chi connectivity index (χ3v) is 8.81. The SMILES string of the molecule is NS(=O)(=O)c1ccc(NC(=O)CN(CCN(CCN(CC(=O)O)CC(=O)Nc2ccc(S(N)(=O)=O)cc2Cl)CC(=O)O)CC(=O)O)c(Cl)c1. The number of rotatable bonds is 20. The monoisotopic (exact) mass is 769 g/mol. The second kappa shape index (κ2) is 18.2. The van der Waals surface area contributed by atoms with Gasteiger partial charge in [-0.15, -0.1) is 0 Å². The number of carboxylic acid groups (broad SMARTS) is 3. The quantitative estimate of drug-likeness (QED) is 0.0852. The maximum Gasteiger partial charge on any atom is 0.317 e. The fraction of sp³-hybridized carbons (Fsp3) is 0.346. The number of benzene rings is 2. The first-order chi connectivity index (χ1) is 22.6. The van der Waals surface area contributed by atoms with Crippen molar-refractivity contribution in [2.24, 2.45) is 10.3 Å². The van der Waals surface area contributed by atoms with Gasteiger partial charge in [0.05, 0.1) is 63.9 Å². The minimum Gasteiger partial charge on any atom is -0.480 e. The van der Waals surface area contributed by atoms with E-state index in [1.165, 1.54) is 26.8 Å². The minimum absolute atomic E-state index is 0.0206. The molecule has 0 unspecified atom stereocenters. The molecule has 0 fully saturated rings. The van der Waals surface area contributed by atoms with Crippen LogP contribution in [0.25, 0.3) is 0 Å².